The highest BCUT2D eigenvalue weighted by molar-refractivity contribution is 5.82. The maximum atomic E-state index is 12.4. The molecular formula is C23H25N5O3. The van der Waals surface area contributed by atoms with Gasteiger partial charge in [0.15, 0.2) is 0 Å². The molecule has 4 rings (SSSR count). The van der Waals surface area contributed by atoms with E-state index in [0.717, 1.165) is 47.9 Å². The van der Waals surface area contributed by atoms with Crippen LogP contribution in [-0.4, -0.2) is 37.4 Å². The minimum atomic E-state index is -0.699. The average Bonchev–Trinajstić information content (AvgIpc) is 2.80. The van der Waals surface area contributed by atoms with Crippen molar-refractivity contribution in [2.45, 2.75) is 38.6 Å². The average molecular weight is 419 g/mol. The first-order valence-corrected chi connectivity index (χ1v) is 10.5. The maximum absolute atomic E-state index is 12.4. The normalized spacial score (nSPS) is 16.7. The lowest BCUT2D eigenvalue weighted by molar-refractivity contribution is 0.156. The molecule has 1 atom stereocenters. The number of rotatable bonds is 5. The zero-order valence-electron chi connectivity index (χ0n) is 17.4. The van der Waals surface area contributed by atoms with Crippen LogP contribution >= 0.6 is 0 Å². The molecule has 0 spiro atoms. The number of aromatic hydroxyl groups is 1. The molecule has 0 amide bonds. The lowest BCUT2D eigenvalue weighted by atomic mass is 9.98. The second kappa shape index (κ2) is 8.99. The van der Waals surface area contributed by atoms with Gasteiger partial charge in [0.2, 0.25) is 5.88 Å². The lowest BCUT2D eigenvalue weighted by Gasteiger charge is -2.33. The molecule has 0 unspecified atom stereocenters. The molecule has 1 fully saturated rings. The molecule has 31 heavy (non-hydrogen) atoms. The minimum absolute atomic E-state index is 0.0485. The van der Waals surface area contributed by atoms with Gasteiger partial charge < -0.3 is 5.11 Å². The third-order valence-electron chi connectivity index (χ3n) is 5.60. The number of piperidine rings is 1. The number of pyridine rings is 1. The van der Waals surface area contributed by atoms with Crippen LogP contribution in [0.5, 0.6) is 5.88 Å². The van der Waals surface area contributed by atoms with Crippen molar-refractivity contribution in [1.29, 1.82) is 0 Å². The van der Waals surface area contributed by atoms with Crippen molar-refractivity contribution in [3.8, 4) is 11.6 Å². The Bertz CT molecular complexity index is 1180. The molecule has 8 heteroatoms. The first kappa shape index (κ1) is 20.6. The highest BCUT2D eigenvalue weighted by atomic mass is 16.3. The van der Waals surface area contributed by atoms with Crippen LogP contribution in [0.2, 0.25) is 0 Å². The quantitative estimate of drug-likeness (QED) is 0.619. The van der Waals surface area contributed by atoms with Crippen molar-refractivity contribution in [3.63, 3.8) is 0 Å². The molecule has 2 N–H and O–H groups in total. The van der Waals surface area contributed by atoms with Gasteiger partial charge in [-0.2, -0.15) is 5.10 Å². The van der Waals surface area contributed by atoms with Crippen LogP contribution in [0, 0.1) is 0 Å². The Hall–Kier alpha value is -3.68. The Labute approximate surface area is 179 Å². The number of aryl methyl sites for hydroxylation is 1. The number of hydrazone groups is 1. The van der Waals surface area contributed by atoms with E-state index in [2.05, 4.69) is 15.1 Å². The standard InChI is InChI=1S/C23H25N5O3/c1-2-16-8-10-18(11-9-16)28-22(30)19(21(29)26-23(28)31)15-25-27-13-4-3-7-20(27)17-6-5-12-24-14-17/h5-6,8-12,14-15,20,30H,2-4,7,13H2,1H3,(H,26,29,31)/b25-15+/t20-/m1/s1. The molecule has 160 valence electrons. The summed E-state index contributed by atoms with van der Waals surface area (Å²) in [6.07, 6.45) is 8.74. The van der Waals surface area contributed by atoms with Gasteiger partial charge in [-0.1, -0.05) is 25.1 Å². The summed E-state index contributed by atoms with van der Waals surface area (Å²) >= 11 is 0. The molecule has 0 aliphatic carbocycles. The highest BCUT2D eigenvalue weighted by Crippen LogP contribution is 2.30. The van der Waals surface area contributed by atoms with Crippen molar-refractivity contribution >= 4 is 6.21 Å². The van der Waals surface area contributed by atoms with Crippen molar-refractivity contribution in [2.24, 2.45) is 5.10 Å². The number of hydrogen-bond acceptors (Lipinski definition) is 6. The van der Waals surface area contributed by atoms with Crippen molar-refractivity contribution < 1.29 is 5.11 Å². The molecule has 3 aromatic rings. The Morgan fingerprint density at radius 1 is 1.23 bits per heavy atom. The molecule has 1 aliphatic rings. The van der Waals surface area contributed by atoms with Gasteiger partial charge in [-0.05, 0) is 55.0 Å². The predicted octanol–water partition coefficient (Wildman–Crippen LogP) is 2.75. The van der Waals surface area contributed by atoms with Crippen LogP contribution in [-0.2, 0) is 6.42 Å². The van der Waals surface area contributed by atoms with Crippen molar-refractivity contribution in [1.82, 2.24) is 19.5 Å². The van der Waals surface area contributed by atoms with Crippen LogP contribution in [0.15, 0.2) is 63.5 Å². The minimum Gasteiger partial charge on any atom is -0.493 e. The number of nitrogens with one attached hydrogen (secondary N) is 1. The van der Waals surface area contributed by atoms with Crippen LogP contribution < -0.4 is 11.2 Å². The summed E-state index contributed by atoms with van der Waals surface area (Å²) in [7, 11) is 0. The first-order chi connectivity index (χ1) is 15.1. The van der Waals surface area contributed by atoms with Crippen LogP contribution in [0.25, 0.3) is 5.69 Å². The van der Waals surface area contributed by atoms with E-state index < -0.39 is 17.1 Å². The van der Waals surface area contributed by atoms with Gasteiger partial charge in [-0.25, -0.2) is 9.36 Å². The van der Waals surface area contributed by atoms with E-state index in [1.165, 1.54) is 6.21 Å². The Morgan fingerprint density at radius 3 is 2.74 bits per heavy atom. The fourth-order valence-corrected chi connectivity index (χ4v) is 3.87. The Balaban J connectivity index is 1.70. The Kier molecular flexibility index (Phi) is 5.97. The number of nitrogens with zero attached hydrogens (tertiary/aromatic N) is 4. The molecule has 0 saturated carbocycles. The van der Waals surface area contributed by atoms with E-state index >= 15 is 0 Å². The third-order valence-corrected chi connectivity index (χ3v) is 5.60. The summed E-state index contributed by atoms with van der Waals surface area (Å²) in [6.45, 7) is 2.76. The smallest absolute Gasteiger partial charge is 0.335 e. The van der Waals surface area contributed by atoms with Gasteiger partial charge >= 0.3 is 5.69 Å². The third kappa shape index (κ3) is 4.28. The van der Waals surface area contributed by atoms with E-state index in [0.29, 0.717) is 5.69 Å². The molecule has 1 saturated heterocycles. The van der Waals surface area contributed by atoms with Gasteiger partial charge in [-0.3, -0.25) is 19.8 Å². The fourth-order valence-electron chi connectivity index (χ4n) is 3.87. The van der Waals surface area contributed by atoms with Gasteiger partial charge in [0.05, 0.1) is 17.9 Å². The number of aromatic nitrogens is 3. The molecule has 8 nitrogen and oxygen atoms in total. The summed E-state index contributed by atoms with van der Waals surface area (Å²) in [6, 6.07) is 11.2. The molecule has 1 aromatic carbocycles. The van der Waals surface area contributed by atoms with Gasteiger partial charge in [0, 0.05) is 18.9 Å². The molecule has 0 radical (unpaired) electrons. The number of aromatic amines is 1. The van der Waals surface area contributed by atoms with E-state index in [9.17, 15) is 14.7 Å². The van der Waals surface area contributed by atoms with E-state index in [4.69, 9.17) is 0 Å². The van der Waals surface area contributed by atoms with Gasteiger partial charge in [0.1, 0.15) is 5.56 Å². The van der Waals surface area contributed by atoms with E-state index in [1.807, 2.05) is 42.4 Å². The van der Waals surface area contributed by atoms with Gasteiger partial charge in [0.25, 0.3) is 5.56 Å². The zero-order chi connectivity index (χ0) is 21.8. The molecule has 0 bridgehead atoms. The van der Waals surface area contributed by atoms with Gasteiger partial charge in [-0.15, -0.1) is 0 Å². The first-order valence-electron chi connectivity index (χ1n) is 10.5. The van der Waals surface area contributed by atoms with E-state index in [1.54, 1.807) is 18.3 Å². The maximum Gasteiger partial charge on any atom is 0.335 e. The summed E-state index contributed by atoms with van der Waals surface area (Å²) in [4.78, 5) is 31.3. The van der Waals surface area contributed by atoms with Crippen LogP contribution in [0.1, 0.15) is 48.9 Å². The lowest BCUT2D eigenvalue weighted by Crippen LogP contribution is -2.32. The summed E-state index contributed by atoms with van der Waals surface area (Å²) < 4.78 is 1.08. The molecule has 2 aromatic heterocycles. The highest BCUT2D eigenvalue weighted by Gasteiger charge is 2.23. The van der Waals surface area contributed by atoms with Crippen molar-refractivity contribution in [2.75, 3.05) is 6.54 Å². The fraction of sp³-hybridized carbons (Fsp3) is 0.304. The number of hydrogen-bond donors (Lipinski definition) is 2. The second-order valence-electron chi connectivity index (χ2n) is 7.56. The molecular weight excluding hydrogens is 394 g/mol. The predicted molar refractivity (Wildman–Crippen MR) is 119 cm³/mol. The molecule has 1 aliphatic heterocycles. The second-order valence-corrected chi connectivity index (χ2v) is 7.56. The monoisotopic (exact) mass is 419 g/mol. The van der Waals surface area contributed by atoms with Crippen LogP contribution in [0.3, 0.4) is 0 Å². The van der Waals surface area contributed by atoms with Crippen LogP contribution in [0.4, 0.5) is 0 Å². The van der Waals surface area contributed by atoms with Crippen molar-refractivity contribution in [3.05, 3.63) is 86.3 Å². The SMILES string of the molecule is CCc1ccc(-n2c(O)c(/C=N/N3CCCC[C@@H]3c3cccnc3)c(=O)[nH]c2=O)cc1. The zero-order valence-corrected chi connectivity index (χ0v) is 17.4. The molecule has 3 heterocycles. The summed E-state index contributed by atoms with van der Waals surface area (Å²) in [5, 5.41) is 17.2. The summed E-state index contributed by atoms with van der Waals surface area (Å²) in [5.41, 5.74) is 1.19. The Morgan fingerprint density at radius 2 is 2.03 bits per heavy atom. The topological polar surface area (TPSA) is 104 Å². The largest absolute Gasteiger partial charge is 0.493 e. The summed E-state index contributed by atoms with van der Waals surface area (Å²) in [5.74, 6) is -0.434. The number of benzene rings is 1. The number of H-pyrrole nitrogens is 1. The van der Waals surface area contributed by atoms with E-state index in [-0.39, 0.29) is 11.6 Å².